The number of thiophene rings is 1. The first-order valence-corrected chi connectivity index (χ1v) is 7.75. The highest BCUT2D eigenvalue weighted by Gasteiger charge is 2.22. The van der Waals surface area contributed by atoms with E-state index in [2.05, 4.69) is 35.9 Å². The molecule has 1 rings (SSSR count). The molecule has 1 aromatic rings. The molecule has 0 saturated carbocycles. The summed E-state index contributed by atoms with van der Waals surface area (Å²) in [6.07, 6.45) is 0.454. The number of aliphatic hydroxyl groups is 1. The van der Waals surface area contributed by atoms with Crippen LogP contribution >= 0.6 is 11.3 Å². The van der Waals surface area contributed by atoms with Crippen molar-refractivity contribution < 1.29 is 9.90 Å². The van der Waals surface area contributed by atoms with Crippen LogP contribution in [0.15, 0.2) is 6.07 Å². The minimum atomic E-state index is -0.0915. The maximum Gasteiger partial charge on any atom is 0.261 e. The van der Waals surface area contributed by atoms with Gasteiger partial charge in [-0.25, -0.2) is 0 Å². The van der Waals surface area contributed by atoms with Gasteiger partial charge in [-0.15, -0.1) is 11.3 Å². The van der Waals surface area contributed by atoms with Crippen LogP contribution in [0.5, 0.6) is 0 Å². The van der Waals surface area contributed by atoms with E-state index in [1.54, 1.807) is 0 Å². The molecule has 2 N–H and O–H groups in total. The number of rotatable bonds is 5. The summed E-state index contributed by atoms with van der Waals surface area (Å²) < 4.78 is 0. The Labute approximate surface area is 131 Å². The lowest BCUT2D eigenvalue weighted by Gasteiger charge is -2.32. The van der Waals surface area contributed by atoms with Gasteiger partial charge in [-0.1, -0.05) is 11.8 Å². The molecular formula is C16H24N2O2S. The summed E-state index contributed by atoms with van der Waals surface area (Å²) in [5.41, 5.74) is 0.911. The predicted molar refractivity (Wildman–Crippen MR) is 87.7 cm³/mol. The van der Waals surface area contributed by atoms with Crippen LogP contribution < -0.4 is 5.32 Å². The predicted octanol–water partition coefficient (Wildman–Crippen LogP) is 1.86. The highest BCUT2D eigenvalue weighted by molar-refractivity contribution is 7.14. The van der Waals surface area contributed by atoms with E-state index in [0.29, 0.717) is 17.8 Å². The van der Waals surface area contributed by atoms with Crippen LogP contribution in [0.3, 0.4) is 0 Å². The van der Waals surface area contributed by atoms with Crippen LogP contribution in [-0.2, 0) is 0 Å². The highest BCUT2D eigenvalue weighted by Crippen LogP contribution is 2.21. The fourth-order valence-electron chi connectivity index (χ4n) is 1.46. The largest absolute Gasteiger partial charge is 0.395 e. The van der Waals surface area contributed by atoms with Crippen LogP contribution in [0.2, 0.25) is 0 Å². The Kier molecular flexibility index (Phi) is 6.41. The molecule has 1 amide bonds. The number of aryl methyl sites for hydroxylation is 1. The Balaban J connectivity index is 2.72. The van der Waals surface area contributed by atoms with Crippen molar-refractivity contribution in [3.05, 3.63) is 21.4 Å². The summed E-state index contributed by atoms with van der Waals surface area (Å²) in [5, 5.41) is 11.7. The Hall–Kier alpha value is -1.35. The summed E-state index contributed by atoms with van der Waals surface area (Å²) in [6.45, 7) is 6.75. The zero-order valence-electron chi connectivity index (χ0n) is 13.4. The molecule has 5 heteroatoms. The molecule has 0 aromatic carbocycles. The standard InChI is InChI=1S/C16H24N2O2S/c1-12-10-14(21-13(12)8-6-7-9-19)15(20)17-11-16(2,3)18(4)5/h10,19H,7,9,11H2,1-5H3,(H,17,20). The van der Waals surface area contributed by atoms with Gasteiger partial charge < -0.3 is 15.3 Å². The Morgan fingerprint density at radius 1 is 1.48 bits per heavy atom. The maximum absolute atomic E-state index is 12.2. The van der Waals surface area contributed by atoms with Gasteiger partial charge in [-0.05, 0) is 46.5 Å². The van der Waals surface area contributed by atoms with Crippen molar-refractivity contribution in [3.8, 4) is 11.8 Å². The number of likely N-dealkylation sites (N-methyl/N-ethyl adjacent to an activating group) is 1. The molecular weight excluding hydrogens is 284 g/mol. The van der Waals surface area contributed by atoms with Crippen LogP contribution in [0.4, 0.5) is 0 Å². The van der Waals surface area contributed by atoms with Crippen molar-refractivity contribution in [2.45, 2.75) is 32.7 Å². The second-order valence-electron chi connectivity index (χ2n) is 5.79. The van der Waals surface area contributed by atoms with Crippen LogP contribution in [-0.4, -0.2) is 48.7 Å². The van der Waals surface area contributed by atoms with E-state index in [1.807, 2.05) is 27.1 Å². The number of hydrogen-bond donors (Lipinski definition) is 2. The Morgan fingerprint density at radius 2 is 2.14 bits per heavy atom. The minimum absolute atomic E-state index is 0.0599. The molecule has 0 aliphatic heterocycles. The summed E-state index contributed by atoms with van der Waals surface area (Å²) in [4.78, 5) is 15.8. The molecule has 0 spiro atoms. The van der Waals surface area contributed by atoms with E-state index in [4.69, 9.17) is 5.11 Å². The SMILES string of the molecule is Cc1cc(C(=O)NCC(C)(C)N(C)C)sc1C#CCCO. The molecule has 0 aliphatic carbocycles. The number of nitrogens with zero attached hydrogens (tertiary/aromatic N) is 1. The topological polar surface area (TPSA) is 52.6 Å². The van der Waals surface area contributed by atoms with Crippen LogP contribution in [0.25, 0.3) is 0 Å². The lowest BCUT2D eigenvalue weighted by Crippen LogP contribution is -2.48. The lowest BCUT2D eigenvalue weighted by atomic mass is 10.0. The van der Waals surface area contributed by atoms with Gasteiger partial charge in [-0.2, -0.15) is 0 Å². The summed E-state index contributed by atoms with van der Waals surface area (Å²) in [6, 6.07) is 1.87. The van der Waals surface area contributed by atoms with E-state index >= 15 is 0 Å². The average molecular weight is 308 g/mol. The summed E-state index contributed by atoms with van der Waals surface area (Å²) in [5.74, 6) is 5.83. The maximum atomic E-state index is 12.2. The lowest BCUT2D eigenvalue weighted by molar-refractivity contribution is 0.0923. The second kappa shape index (κ2) is 7.60. The quantitative estimate of drug-likeness (QED) is 0.817. The number of carbonyl (C=O) groups is 1. The van der Waals surface area contributed by atoms with Gasteiger partial charge in [-0.3, -0.25) is 4.79 Å². The minimum Gasteiger partial charge on any atom is -0.395 e. The van der Waals surface area contributed by atoms with Crippen LogP contribution in [0, 0.1) is 18.8 Å². The van der Waals surface area contributed by atoms with E-state index < -0.39 is 0 Å². The highest BCUT2D eigenvalue weighted by atomic mass is 32.1. The first kappa shape index (κ1) is 17.7. The summed E-state index contributed by atoms with van der Waals surface area (Å²) in [7, 11) is 3.99. The normalized spacial score (nSPS) is 11.2. The molecule has 0 fully saturated rings. The smallest absolute Gasteiger partial charge is 0.261 e. The van der Waals surface area contributed by atoms with Crippen molar-refractivity contribution in [1.29, 1.82) is 0 Å². The number of aliphatic hydroxyl groups excluding tert-OH is 1. The number of nitrogens with one attached hydrogen (secondary N) is 1. The second-order valence-corrected chi connectivity index (χ2v) is 6.84. The first-order valence-electron chi connectivity index (χ1n) is 6.93. The van der Waals surface area contributed by atoms with Gasteiger partial charge in [0.05, 0.1) is 16.4 Å². The van der Waals surface area contributed by atoms with Crippen molar-refractivity contribution in [1.82, 2.24) is 10.2 Å². The van der Waals surface area contributed by atoms with E-state index in [-0.39, 0.29) is 18.1 Å². The fourth-order valence-corrected chi connectivity index (χ4v) is 2.42. The zero-order valence-corrected chi connectivity index (χ0v) is 14.2. The molecule has 0 bridgehead atoms. The van der Waals surface area contributed by atoms with Gasteiger partial charge in [0.1, 0.15) is 0 Å². The Morgan fingerprint density at radius 3 is 2.71 bits per heavy atom. The van der Waals surface area contributed by atoms with Crippen molar-refractivity contribution in [2.24, 2.45) is 0 Å². The van der Waals surface area contributed by atoms with Gasteiger partial charge in [0.2, 0.25) is 0 Å². The molecule has 0 unspecified atom stereocenters. The molecule has 0 aliphatic rings. The average Bonchev–Trinajstić information content (AvgIpc) is 2.78. The molecule has 4 nitrogen and oxygen atoms in total. The van der Waals surface area contributed by atoms with E-state index in [9.17, 15) is 4.79 Å². The molecule has 1 aromatic heterocycles. The molecule has 1 heterocycles. The molecule has 21 heavy (non-hydrogen) atoms. The van der Waals surface area contributed by atoms with Crippen LogP contribution in [0.1, 0.15) is 40.4 Å². The third-order valence-corrected chi connectivity index (χ3v) is 4.62. The van der Waals surface area contributed by atoms with Gasteiger partial charge in [0.15, 0.2) is 0 Å². The van der Waals surface area contributed by atoms with Gasteiger partial charge >= 0.3 is 0 Å². The molecule has 116 valence electrons. The summed E-state index contributed by atoms with van der Waals surface area (Å²) >= 11 is 1.40. The molecule has 0 saturated heterocycles. The monoisotopic (exact) mass is 308 g/mol. The number of amides is 1. The number of carbonyl (C=O) groups excluding carboxylic acids is 1. The van der Waals surface area contributed by atoms with E-state index in [1.165, 1.54) is 11.3 Å². The van der Waals surface area contributed by atoms with Crippen molar-refractivity contribution in [3.63, 3.8) is 0 Å². The first-order chi connectivity index (χ1) is 9.77. The zero-order chi connectivity index (χ0) is 16.0. The van der Waals surface area contributed by atoms with E-state index in [0.717, 1.165) is 10.4 Å². The Bertz CT molecular complexity index is 550. The molecule has 0 atom stereocenters. The van der Waals surface area contributed by atoms with Gasteiger partial charge in [0.25, 0.3) is 5.91 Å². The third-order valence-electron chi connectivity index (χ3n) is 3.47. The third kappa shape index (κ3) is 5.16. The van der Waals surface area contributed by atoms with Crippen molar-refractivity contribution in [2.75, 3.05) is 27.2 Å². The number of hydrogen-bond acceptors (Lipinski definition) is 4. The van der Waals surface area contributed by atoms with Gasteiger partial charge in [0, 0.05) is 18.5 Å². The fraction of sp³-hybridized carbons (Fsp3) is 0.562. The van der Waals surface area contributed by atoms with Crippen molar-refractivity contribution >= 4 is 17.2 Å². The molecule has 0 radical (unpaired) electrons.